The van der Waals surface area contributed by atoms with E-state index in [1.165, 1.54) is 13.2 Å². The van der Waals surface area contributed by atoms with E-state index in [0.717, 1.165) is 11.1 Å². The molecule has 0 amide bonds. The highest BCUT2D eigenvalue weighted by Gasteiger charge is 2.22. The van der Waals surface area contributed by atoms with Gasteiger partial charge >= 0.3 is 0 Å². The summed E-state index contributed by atoms with van der Waals surface area (Å²) in [5, 5.41) is 11.0. The molecule has 0 radical (unpaired) electrons. The van der Waals surface area contributed by atoms with Gasteiger partial charge in [-0.1, -0.05) is 36.4 Å². The fraction of sp³-hybridized carbons (Fsp3) is 0.278. The highest BCUT2D eigenvalue weighted by Crippen LogP contribution is 2.25. The van der Waals surface area contributed by atoms with E-state index in [9.17, 15) is 18.3 Å². The number of hydrogen-bond donors (Lipinski definition) is 1. The molecule has 0 saturated carbocycles. The number of aryl methyl sites for hydroxylation is 1. The second-order valence-corrected chi connectivity index (χ2v) is 7.43. The molecule has 7 heteroatoms. The summed E-state index contributed by atoms with van der Waals surface area (Å²) >= 11 is 0. The molecule has 25 heavy (non-hydrogen) atoms. The van der Waals surface area contributed by atoms with Crippen LogP contribution in [0.5, 0.6) is 5.75 Å². The number of nitrogens with one attached hydrogen (secondary N) is 1. The van der Waals surface area contributed by atoms with Crippen molar-refractivity contribution in [1.29, 1.82) is 0 Å². The summed E-state index contributed by atoms with van der Waals surface area (Å²) in [4.78, 5) is 11.0. The van der Waals surface area contributed by atoms with Gasteiger partial charge in [0, 0.05) is 18.4 Å². The van der Waals surface area contributed by atoms with Crippen LogP contribution in [0.1, 0.15) is 23.5 Å². The van der Waals surface area contributed by atoms with Crippen molar-refractivity contribution in [3.8, 4) is 5.75 Å². The first-order valence-corrected chi connectivity index (χ1v) is 9.21. The minimum absolute atomic E-state index is 0.0234. The van der Waals surface area contributed by atoms with E-state index in [4.69, 9.17) is 4.74 Å². The molecule has 2 aromatic rings. The van der Waals surface area contributed by atoms with Crippen LogP contribution in [0.3, 0.4) is 0 Å². The molecule has 0 saturated heterocycles. The van der Waals surface area contributed by atoms with Crippen LogP contribution in [-0.4, -0.2) is 28.0 Å². The van der Waals surface area contributed by atoms with Crippen molar-refractivity contribution >= 4 is 16.0 Å². The van der Waals surface area contributed by atoms with Gasteiger partial charge in [-0.15, -0.1) is 0 Å². The average Bonchev–Trinajstić information content (AvgIpc) is 2.59. The van der Waals surface area contributed by atoms with Crippen molar-refractivity contribution in [2.45, 2.75) is 24.2 Å². The highest BCUT2D eigenvalue weighted by atomic mass is 32.2. The monoisotopic (exact) mass is 362 g/mol. The number of hydrogen-bond acceptors (Lipinski definition) is 5. The zero-order valence-corrected chi connectivity index (χ0v) is 14.9. The van der Waals surface area contributed by atoms with Crippen molar-refractivity contribution in [2.75, 3.05) is 13.7 Å². The Bertz CT molecular complexity index is 834. The van der Waals surface area contributed by atoms with Crippen LogP contribution >= 0.6 is 0 Å². The molecule has 2 aromatic carbocycles. The van der Waals surface area contributed by atoms with Gasteiger partial charge in [-0.3, -0.25) is 0 Å². The Labute approximate surface area is 147 Å². The Kier molecular flexibility index (Phi) is 6.17. The number of carboxylic acid groups (broad SMARTS) is 1. The van der Waals surface area contributed by atoms with Crippen molar-refractivity contribution < 1.29 is 23.1 Å². The number of carboxylic acids is 1. The molecule has 0 bridgehead atoms. The van der Waals surface area contributed by atoms with Crippen molar-refractivity contribution in [1.82, 2.24) is 4.72 Å². The van der Waals surface area contributed by atoms with E-state index in [-0.39, 0.29) is 23.6 Å². The number of ether oxygens (including phenoxy) is 1. The molecule has 0 aliphatic heterocycles. The van der Waals surface area contributed by atoms with E-state index in [1.807, 2.05) is 0 Å². The summed E-state index contributed by atoms with van der Waals surface area (Å²) < 4.78 is 32.9. The first-order valence-electron chi connectivity index (χ1n) is 7.72. The van der Waals surface area contributed by atoms with Crippen LogP contribution in [0.15, 0.2) is 53.4 Å². The lowest BCUT2D eigenvalue weighted by molar-refractivity contribution is -0.306. The highest BCUT2D eigenvalue weighted by molar-refractivity contribution is 7.89. The third kappa shape index (κ3) is 5.04. The van der Waals surface area contributed by atoms with Gasteiger partial charge in [0.1, 0.15) is 10.6 Å². The minimum atomic E-state index is -3.85. The van der Waals surface area contributed by atoms with Gasteiger partial charge in [0.05, 0.1) is 7.11 Å². The smallest absolute Gasteiger partial charge is 0.244 e. The average molecular weight is 362 g/mol. The van der Waals surface area contributed by atoms with E-state index >= 15 is 0 Å². The van der Waals surface area contributed by atoms with Crippen molar-refractivity contribution in [3.05, 3.63) is 59.7 Å². The van der Waals surface area contributed by atoms with Crippen LogP contribution in [-0.2, 0) is 14.8 Å². The summed E-state index contributed by atoms with van der Waals surface area (Å²) in [6.45, 7) is 1.72. The fourth-order valence-electron chi connectivity index (χ4n) is 2.52. The quantitative estimate of drug-likeness (QED) is 0.761. The number of aliphatic carboxylic acids is 1. The van der Waals surface area contributed by atoms with Crippen molar-refractivity contribution in [3.63, 3.8) is 0 Å². The van der Waals surface area contributed by atoms with Gasteiger partial charge < -0.3 is 14.6 Å². The SMILES string of the molecule is COc1ccc(C)cc1S(=O)(=O)NC[C@H](CC(=O)[O-])c1ccccc1. The first-order chi connectivity index (χ1) is 11.8. The summed E-state index contributed by atoms with van der Waals surface area (Å²) in [5.41, 5.74) is 1.50. The number of benzene rings is 2. The molecule has 0 aliphatic rings. The standard InChI is InChI=1S/C18H21NO5S/c1-13-8-9-16(24-2)17(10-13)25(22,23)19-12-15(11-18(20)21)14-6-4-3-5-7-14/h3-10,15,19H,11-12H2,1-2H3,(H,20,21)/p-1/t15-/m0/s1. The molecule has 0 aromatic heterocycles. The minimum Gasteiger partial charge on any atom is -0.550 e. The molecule has 1 N–H and O–H groups in total. The summed E-state index contributed by atoms with van der Waals surface area (Å²) in [7, 11) is -2.46. The molecule has 1 atom stereocenters. The van der Waals surface area contributed by atoms with Gasteiger partial charge in [-0.05, 0) is 36.6 Å². The number of methoxy groups -OCH3 is 1. The van der Waals surface area contributed by atoms with Gasteiger partial charge in [-0.25, -0.2) is 13.1 Å². The molecule has 0 unspecified atom stereocenters. The zero-order valence-electron chi connectivity index (χ0n) is 14.1. The number of carbonyl (C=O) groups excluding carboxylic acids is 1. The molecular weight excluding hydrogens is 342 g/mol. The van der Waals surface area contributed by atoms with Crippen LogP contribution in [0, 0.1) is 6.92 Å². The lowest BCUT2D eigenvalue weighted by atomic mass is 9.96. The topological polar surface area (TPSA) is 95.5 Å². The molecule has 0 aliphatic carbocycles. The summed E-state index contributed by atoms with van der Waals surface area (Å²) in [5.74, 6) is -1.53. The molecule has 0 spiro atoms. The van der Waals surface area contributed by atoms with Crippen molar-refractivity contribution in [2.24, 2.45) is 0 Å². The third-order valence-electron chi connectivity index (χ3n) is 3.81. The van der Waals surface area contributed by atoms with Crippen LogP contribution in [0.2, 0.25) is 0 Å². The molecule has 134 valence electrons. The molecule has 0 fully saturated rings. The van der Waals surface area contributed by atoms with E-state index < -0.39 is 21.9 Å². The maximum absolute atomic E-state index is 12.6. The zero-order chi connectivity index (χ0) is 18.4. The van der Waals surface area contributed by atoms with Crippen LogP contribution < -0.4 is 14.6 Å². The van der Waals surface area contributed by atoms with E-state index in [1.54, 1.807) is 49.4 Å². The fourth-order valence-corrected chi connectivity index (χ4v) is 3.85. The predicted octanol–water partition coefficient (Wildman–Crippen LogP) is 1.21. The van der Waals surface area contributed by atoms with E-state index in [2.05, 4.69) is 4.72 Å². The second kappa shape index (κ2) is 8.13. The Hall–Kier alpha value is -2.38. The molecular formula is C18H20NO5S-. The number of sulfonamides is 1. The summed E-state index contributed by atoms with van der Waals surface area (Å²) in [6.07, 6.45) is -0.280. The molecule has 6 nitrogen and oxygen atoms in total. The third-order valence-corrected chi connectivity index (χ3v) is 5.26. The first kappa shape index (κ1) is 19.0. The Morgan fingerprint density at radius 3 is 2.48 bits per heavy atom. The maximum Gasteiger partial charge on any atom is 0.244 e. The molecule has 0 heterocycles. The largest absolute Gasteiger partial charge is 0.550 e. The van der Waals surface area contributed by atoms with Gasteiger partial charge in [-0.2, -0.15) is 0 Å². The molecule has 2 rings (SSSR count). The summed E-state index contributed by atoms with van der Waals surface area (Å²) in [6, 6.07) is 13.7. The second-order valence-electron chi connectivity index (χ2n) is 5.69. The lowest BCUT2D eigenvalue weighted by Gasteiger charge is -2.19. The lowest BCUT2D eigenvalue weighted by Crippen LogP contribution is -2.32. The number of carbonyl (C=O) groups is 1. The Morgan fingerprint density at radius 1 is 1.20 bits per heavy atom. The van der Waals surface area contributed by atoms with Crippen LogP contribution in [0.4, 0.5) is 0 Å². The van der Waals surface area contributed by atoms with Crippen LogP contribution in [0.25, 0.3) is 0 Å². The van der Waals surface area contributed by atoms with E-state index in [0.29, 0.717) is 0 Å². The Morgan fingerprint density at radius 2 is 1.88 bits per heavy atom. The van der Waals surface area contributed by atoms with Gasteiger partial charge in [0.2, 0.25) is 10.0 Å². The number of rotatable bonds is 8. The maximum atomic E-state index is 12.6. The predicted molar refractivity (Wildman–Crippen MR) is 91.7 cm³/mol. The van der Waals surface area contributed by atoms with Gasteiger partial charge in [0.15, 0.2) is 0 Å². The van der Waals surface area contributed by atoms with Gasteiger partial charge in [0.25, 0.3) is 0 Å². The Balaban J connectivity index is 2.24. The normalized spacial score (nSPS) is 12.6.